The first-order chi connectivity index (χ1) is 8.63. The molecule has 6 nitrogen and oxygen atoms in total. The second-order valence-electron chi connectivity index (χ2n) is 4.82. The number of carboxylic acids is 2. The van der Waals surface area contributed by atoms with Crippen LogP contribution in [-0.2, 0) is 9.59 Å². The van der Waals surface area contributed by atoms with Crippen LogP contribution in [0.3, 0.4) is 0 Å². The third-order valence-corrected chi connectivity index (χ3v) is 3.03. The Balaban J connectivity index is -0.00000144. The van der Waals surface area contributed by atoms with Crippen molar-refractivity contribution < 1.29 is 30.8 Å². The van der Waals surface area contributed by atoms with Crippen LogP contribution in [0.25, 0.3) is 0 Å². The van der Waals surface area contributed by atoms with E-state index in [4.69, 9.17) is 10.2 Å². The van der Waals surface area contributed by atoms with Crippen molar-refractivity contribution >= 4 is 11.9 Å². The van der Waals surface area contributed by atoms with E-state index < -0.39 is 11.9 Å². The van der Waals surface area contributed by atoms with E-state index in [2.05, 4.69) is 0 Å². The zero-order valence-electron chi connectivity index (χ0n) is 12.2. The first kappa shape index (κ1) is 23.9. The molecule has 20 heavy (non-hydrogen) atoms. The number of aliphatic carboxylic acids is 2. The van der Waals surface area contributed by atoms with Gasteiger partial charge in [-0.2, -0.15) is 0 Å². The van der Waals surface area contributed by atoms with Crippen molar-refractivity contribution in [3.05, 3.63) is 0 Å². The summed E-state index contributed by atoms with van der Waals surface area (Å²) in [5.41, 5.74) is 0. The van der Waals surface area contributed by atoms with Crippen LogP contribution in [0, 0.1) is 0 Å². The minimum Gasteiger partial charge on any atom is -0.481 e. The fraction of sp³-hybridized carbons (Fsp3) is 0.857. The molecule has 0 saturated carbocycles. The Hall–Kier alpha value is -1.14. The Morgan fingerprint density at radius 2 is 0.700 bits per heavy atom. The van der Waals surface area contributed by atoms with Gasteiger partial charge in [-0.05, 0) is 12.8 Å². The first-order valence-corrected chi connectivity index (χ1v) is 7.06. The molecule has 6 N–H and O–H groups in total. The van der Waals surface area contributed by atoms with Crippen LogP contribution < -0.4 is 0 Å². The zero-order valence-corrected chi connectivity index (χ0v) is 12.2. The van der Waals surface area contributed by atoms with Crippen molar-refractivity contribution in [1.29, 1.82) is 0 Å². The number of carboxylic acid groups (broad SMARTS) is 2. The van der Waals surface area contributed by atoms with Crippen LogP contribution in [0.5, 0.6) is 0 Å². The molecule has 122 valence electrons. The molecule has 0 aromatic rings. The normalized spacial score (nSPS) is 9.40. The SMILES string of the molecule is O.O.O=C(O)CCCCCCCCCCCCC(=O)O. The third kappa shape index (κ3) is 22.1. The molecule has 0 aliphatic carbocycles. The first-order valence-electron chi connectivity index (χ1n) is 7.06. The molecule has 0 fully saturated rings. The summed E-state index contributed by atoms with van der Waals surface area (Å²) in [6, 6.07) is 0. The molecule has 0 bridgehead atoms. The Morgan fingerprint density at radius 1 is 0.500 bits per heavy atom. The maximum absolute atomic E-state index is 10.3. The van der Waals surface area contributed by atoms with Crippen LogP contribution in [0.1, 0.15) is 77.0 Å². The molecule has 0 aromatic carbocycles. The van der Waals surface area contributed by atoms with Crippen LogP contribution >= 0.6 is 0 Å². The molecular formula is C14H30O6. The third-order valence-electron chi connectivity index (χ3n) is 3.03. The largest absolute Gasteiger partial charge is 0.481 e. The summed E-state index contributed by atoms with van der Waals surface area (Å²) in [7, 11) is 0. The van der Waals surface area contributed by atoms with E-state index in [0.29, 0.717) is 12.8 Å². The lowest BCUT2D eigenvalue weighted by Crippen LogP contribution is -1.93. The van der Waals surface area contributed by atoms with Gasteiger partial charge in [0.2, 0.25) is 0 Å². The average Bonchev–Trinajstić information content (AvgIpc) is 2.29. The van der Waals surface area contributed by atoms with Gasteiger partial charge in [0.1, 0.15) is 0 Å². The molecule has 0 unspecified atom stereocenters. The summed E-state index contributed by atoms with van der Waals surface area (Å²) in [4.78, 5) is 20.5. The quantitative estimate of drug-likeness (QED) is 0.503. The highest BCUT2D eigenvalue weighted by Gasteiger charge is 1.98. The standard InChI is InChI=1S/C14H26O4.2H2O/c15-13(16)11-9-7-5-3-1-2-4-6-8-10-12-14(17)18;;/h1-12H2,(H,15,16)(H,17,18);2*1H2. The molecule has 6 heteroatoms. The van der Waals surface area contributed by atoms with Crippen molar-refractivity contribution in [1.82, 2.24) is 0 Å². The van der Waals surface area contributed by atoms with Crippen molar-refractivity contribution in [2.75, 3.05) is 0 Å². The van der Waals surface area contributed by atoms with Gasteiger partial charge in [0.05, 0.1) is 0 Å². The molecule has 0 atom stereocenters. The maximum atomic E-state index is 10.3. The highest BCUT2D eigenvalue weighted by Crippen LogP contribution is 2.11. The van der Waals surface area contributed by atoms with Crippen LogP contribution in [0.2, 0.25) is 0 Å². The van der Waals surface area contributed by atoms with Gasteiger partial charge in [0, 0.05) is 12.8 Å². The van der Waals surface area contributed by atoms with Gasteiger partial charge in [0.15, 0.2) is 0 Å². The van der Waals surface area contributed by atoms with Gasteiger partial charge in [-0.3, -0.25) is 9.59 Å². The van der Waals surface area contributed by atoms with Gasteiger partial charge >= 0.3 is 11.9 Å². The minimum absolute atomic E-state index is 0. The van der Waals surface area contributed by atoms with Crippen molar-refractivity contribution in [2.45, 2.75) is 77.0 Å². The topological polar surface area (TPSA) is 138 Å². The molecule has 0 heterocycles. The van der Waals surface area contributed by atoms with Gasteiger partial charge in [-0.15, -0.1) is 0 Å². The number of hydrogen-bond acceptors (Lipinski definition) is 2. The fourth-order valence-corrected chi connectivity index (χ4v) is 1.97. The zero-order chi connectivity index (χ0) is 13.6. The Labute approximate surface area is 120 Å². The van der Waals surface area contributed by atoms with E-state index in [-0.39, 0.29) is 11.0 Å². The second-order valence-corrected chi connectivity index (χ2v) is 4.82. The van der Waals surface area contributed by atoms with Gasteiger partial charge in [-0.1, -0.05) is 51.4 Å². The van der Waals surface area contributed by atoms with E-state index in [1.165, 1.54) is 25.7 Å². The lowest BCUT2D eigenvalue weighted by molar-refractivity contribution is -0.138. The van der Waals surface area contributed by atoms with Crippen LogP contribution in [0.15, 0.2) is 0 Å². The molecule has 0 amide bonds. The maximum Gasteiger partial charge on any atom is 0.303 e. The smallest absolute Gasteiger partial charge is 0.303 e. The van der Waals surface area contributed by atoms with Crippen LogP contribution in [0.4, 0.5) is 0 Å². The van der Waals surface area contributed by atoms with Crippen molar-refractivity contribution in [2.24, 2.45) is 0 Å². The van der Waals surface area contributed by atoms with Gasteiger partial charge in [0.25, 0.3) is 0 Å². The van der Waals surface area contributed by atoms with Crippen molar-refractivity contribution in [3.8, 4) is 0 Å². The lowest BCUT2D eigenvalue weighted by Gasteiger charge is -2.01. The second kappa shape index (κ2) is 17.9. The number of rotatable bonds is 13. The average molecular weight is 294 g/mol. The molecule has 0 spiro atoms. The predicted molar refractivity (Wildman–Crippen MR) is 77.9 cm³/mol. The van der Waals surface area contributed by atoms with E-state index in [9.17, 15) is 9.59 Å². The molecule has 0 radical (unpaired) electrons. The molecule has 0 aromatic heterocycles. The summed E-state index contributed by atoms with van der Waals surface area (Å²) in [6.45, 7) is 0. The summed E-state index contributed by atoms with van der Waals surface area (Å²) in [5.74, 6) is -1.40. The summed E-state index contributed by atoms with van der Waals surface area (Å²) in [5, 5.41) is 16.9. The molecular weight excluding hydrogens is 264 g/mol. The van der Waals surface area contributed by atoms with Gasteiger partial charge < -0.3 is 21.2 Å². The van der Waals surface area contributed by atoms with Gasteiger partial charge in [-0.25, -0.2) is 0 Å². The highest BCUT2D eigenvalue weighted by molar-refractivity contribution is 5.66. The molecule has 0 saturated heterocycles. The number of unbranched alkanes of at least 4 members (excludes halogenated alkanes) is 9. The predicted octanol–water partition coefficient (Wildman–Crippen LogP) is 2.19. The minimum atomic E-state index is -0.698. The monoisotopic (exact) mass is 294 g/mol. The molecule has 0 rings (SSSR count). The summed E-state index contributed by atoms with van der Waals surface area (Å²) >= 11 is 0. The van der Waals surface area contributed by atoms with Crippen molar-refractivity contribution in [3.63, 3.8) is 0 Å². The molecule has 0 aliphatic heterocycles. The molecule has 0 aliphatic rings. The highest BCUT2D eigenvalue weighted by atomic mass is 16.4. The van der Waals surface area contributed by atoms with E-state index in [1.807, 2.05) is 0 Å². The van der Waals surface area contributed by atoms with E-state index in [1.54, 1.807) is 0 Å². The fourth-order valence-electron chi connectivity index (χ4n) is 1.97. The summed E-state index contributed by atoms with van der Waals surface area (Å²) < 4.78 is 0. The Morgan fingerprint density at radius 3 is 0.900 bits per heavy atom. The Kier molecular flexibility index (Phi) is 21.4. The lowest BCUT2D eigenvalue weighted by atomic mass is 10.1. The van der Waals surface area contributed by atoms with E-state index in [0.717, 1.165) is 38.5 Å². The van der Waals surface area contributed by atoms with E-state index >= 15 is 0 Å². The number of hydrogen-bond donors (Lipinski definition) is 2. The summed E-state index contributed by atoms with van der Waals surface area (Å²) in [6.07, 6.45) is 11.3. The Bertz CT molecular complexity index is 206. The number of carbonyl (C=O) groups is 2. The van der Waals surface area contributed by atoms with Crippen LogP contribution in [-0.4, -0.2) is 33.1 Å².